The van der Waals surface area contributed by atoms with Gasteiger partial charge < -0.3 is 25.4 Å². The molecular weight excluding hydrogens is 434 g/mol. The standard InChI is InChI=1S/C25H31N5O4/c26-23-22-24(28-15-27-23)34-12-11-30(25(22)33)19-7-5-18(6-8-19)17-3-1-16(2-4-17)13-21(32)29-10-9-20(31)14-29/h5-8,15-17,20,31H,1-4,9-14H2,(H2,26,27,28)/t16?,17?,20-/m1/s1. The van der Waals surface area contributed by atoms with Crippen LogP contribution in [0.1, 0.15) is 60.4 Å². The van der Waals surface area contributed by atoms with Gasteiger partial charge in [0.05, 0.1) is 12.6 Å². The molecule has 9 heteroatoms. The molecule has 3 heterocycles. The van der Waals surface area contributed by atoms with Crippen molar-refractivity contribution in [3.63, 3.8) is 0 Å². The molecule has 180 valence electrons. The van der Waals surface area contributed by atoms with Crippen molar-refractivity contribution in [1.29, 1.82) is 0 Å². The molecule has 1 aromatic carbocycles. The number of carbonyl (C=O) groups excluding carboxylic acids is 2. The number of hydrogen-bond acceptors (Lipinski definition) is 7. The number of aromatic nitrogens is 2. The Bertz CT molecular complexity index is 1050. The molecule has 0 spiro atoms. The van der Waals surface area contributed by atoms with Crippen LogP contribution in [-0.4, -0.2) is 64.1 Å². The molecule has 1 aromatic heterocycles. The first kappa shape index (κ1) is 22.6. The second kappa shape index (κ2) is 9.58. The van der Waals surface area contributed by atoms with Gasteiger partial charge in [0.2, 0.25) is 11.8 Å². The molecule has 1 saturated carbocycles. The summed E-state index contributed by atoms with van der Waals surface area (Å²) in [5.41, 5.74) is 8.20. The van der Waals surface area contributed by atoms with Crippen molar-refractivity contribution >= 4 is 23.3 Å². The monoisotopic (exact) mass is 465 g/mol. The van der Waals surface area contributed by atoms with Crippen LogP contribution < -0.4 is 15.4 Å². The quantitative estimate of drug-likeness (QED) is 0.711. The summed E-state index contributed by atoms with van der Waals surface area (Å²) in [7, 11) is 0. The number of likely N-dealkylation sites (tertiary alicyclic amines) is 1. The Morgan fingerprint density at radius 1 is 1.09 bits per heavy atom. The Labute approximate surface area is 198 Å². The summed E-state index contributed by atoms with van der Waals surface area (Å²) >= 11 is 0. The zero-order valence-electron chi connectivity index (χ0n) is 19.2. The fourth-order valence-electron chi connectivity index (χ4n) is 5.38. The van der Waals surface area contributed by atoms with E-state index in [1.165, 1.54) is 11.9 Å². The SMILES string of the molecule is Nc1ncnc2c1C(=O)N(c1ccc(C3CCC(CC(=O)N4CC[C@@H](O)C4)CC3)cc1)CCO2. The molecule has 0 radical (unpaired) electrons. The Balaban J connectivity index is 1.19. The Morgan fingerprint density at radius 2 is 1.85 bits per heavy atom. The van der Waals surface area contributed by atoms with Crippen LogP contribution in [0.15, 0.2) is 30.6 Å². The Hall–Kier alpha value is -3.20. The number of amides is 2. The van der Waals surface area contributed by atoms with Gasteiger partial charge in [0.1, 0.15) is 24.3 Å². The molecule has 2 fully saturated rings. The predicted octanol–water partition coefficient (Wildman–Crippen LogP) is 2.36. The van der Waals surface area contributed by atoms with Gasteiger partial charge >= 0.3 is 0 Å². The highest BCUT2D eigenvalue weighted by molar-refractivity contribution is 6.10. The summed E-state index contributed by atoms with van der Waals surface area (Å²) in [5, 5.41) is 9.67. The van der Waals surface area contributed by atoms with E-state index in [9.17, 15) is 14.7 Å². The summed E-state index contributed by atoms with van der Waals surface area (Å²) in [6.45, 7) is 1.90. The number of nitrogens with two attached hydrogens (primary N) is 1. The summed E-state index contributed by atoms with van der Waals surface area (Å²) in [6.07, 6.45) is 6.39. The molecule has 2 amide bonds. The fourth-order valence-corrected chi connectivity index (χ4v) is 5.38. The first-order valence-corrected chi connectivity index (χ1v) is 12.1. The van der Waals surface area contributed by atoms with E-state index in [2.05, 4.69) is 22.1 Å². The second-order valence-corrected chi connectivity index (χ2v) is 9.54. The molecule has 2 aliphatic heterocycles. The van der Waals surface area contributed by atoms with E-state index in [1.807, 2.05) is 17.0 Å². The van der Waals surface area contributed by atoms with Gasteiger partial charge in [-0.15, -0.1) is 0 Å². The number of benzene rings is 1. The summed E-state index contributed by atoms with van der Waals surface area (Å²) in [6, 6.07) is 8.16. The van der Waals surface area contributed by atoms with Crippen molar-refractivity contribution in [2.24, 2.45) is 5.92 Å². The van der Waals surface area contributed by atoms with Crippen LogP contribution in [0.3, 0.4) is 0 Å². The van der Waals surface area contributed by atoms with Crippen molar-refractivity contribution in [2.45, 2.75) is 50.5 Å². The van der Waals surface area contributed by atoms with Gasteiger partial charge in [-0.3, -0.25) is 9.59 Å². The number of carbonyl (C=O) groups is 2. The highest BCUT2D eigenvalue weighted by Crippen LogP contribution is 2.38. The van der Waals surface area contributed by atoms with E-state index in [0.29, 0.717) is 50.9 Å². The van der Waals surface area contributed by atoms with Crippen LogP contribution in [0.5, 0.6) is 5.88 Å². The maximum Gasteiger partial charge on any atom is 0.267 e. The van der Waals surface area contributed by atoms with Crippen LogP contribution in [0.2, 0.25) is 0 Å². The van der Waals surface area contributed by atoms with Crippen molar-refractivity contribution < 1.29 is 19.4 Å². The lowest BCUT2D eigenvalue weighted by Crippen LogP contribution is -2.32. The summed E-state index contributed by atoms with van der Waals surface area (Å²) in [4.78, 5) is 37.1. The molecule has 3 N–H and O–H groups in total. The molecule has 5 rings (SSSR count). The number of fused-ring (bicyclic) bond motifs is 1. The molecule has 3 aliphatic rings. The number of nitrogen functional groups attached to an aromatic ring is 1. The fraction of sp³-hybridized carbons (Fsp3) is 0.520. The molecular formula is C25H31N5O4. The Kier molecular flexibility index (Phi) is 6.36. The number of nitrogens with zero attached hydrogens (tertiary/aromatic N) is 4. The molecule has 0 unspecified atom stereocenters. The van der Waals surface area contributed by atoms with Crippen LogP contribution >= 0.6 is 0 Å². The van der Waals surface area contributed by atoms with E-state index in [0.717, 1.165) is 31.4 Å². The van der Waals surface area contributed by atoms with Crippen LogP contribution in [-0.2, 0) is 4.79 Å². The van der Waals surface area contributed by atoms with Crippen molar-refractivity contribution in [3.05, 3.63) is 41.7 Å². The molecule has 1 atom stereocenters. The van der Waals surface area contributed by atoms with Crippen LogP contribution in [0, 0.1) is 5.92 Å². The topological polar surface area (TPSA) is 122 Å². The molecule has 1 aliphatic carbocycles. The van der Waals surface area contributed by atoms with E-state index in [4.69, 9.17) is 10.5 Å². The van der Waals surface area contributed by atoms with Gasteiger partial charge in [-0.2, -0.15) is 0 Å². The van der Waals surface area contributed by atoms with E-state index >= 15 is 0 Å². The maximum atomic E-state index is 13.1. The average Bonchev–Trinajstić information content (AvgIpc) is 3.21. The largest absolute Gasteiger partial charge is 0.475 e. The van der Waals surface area contributed by atoms with E-state index in [-0.39, 0.29) is 35.2 Å². The number of β-amino-alcohol motifs (C(OH)–C–C–N with tert-alkyl or cyclic N) is 1. The number of ether oxygens (including phenoxy) is 1. The molecule has 2 aromatic rings. The number of rotatable bonds is 4. The lowest BCUT2D eigenvalue weighted by Gasteiger charge is -2.30. The number of anilines is 2. The summed E-state index contributed by atoms with van der Waals surface area (Å²) in [5.74, 6) is 1.16. The number of hydrogen-bond donors (Lipinski definition) is 2. The zero-order chi connectivity index (χ0) is 23.7. The number of aliphatic hydroxyl groups is 1. The Morgan fingerprint density at radius 3 is 2.56 bits per heavy atom. The highest BCUT2D eigenvalue weighted by Gasteiger charge is 2.30. The normalized spacial score (nSPS) is 25.0. The lowest BCUT2D eigenvalue weighted by atomic mass is 9.77. The maximum absolute atomic E-state index is 13.1. The van der Waals surface area contributed by atoms with Crippen molar-refractivity contribution in [1.82, 2.24) is 14.9 Å². The van der Waals surface area contributed by atoms with E-state index < -0.39 is 0 Å². The summed E-state index contributed by atoms with van der Waals surface area (Å²) < 4.78 is 5.61. The third-order valence-electron chi connectivity index (χ3n) is 7.36. The lowest BCUT2D eigenvalue weighted by molar-refractivity contribution is -0.131. The van der Waals surface area contributed by atoms with Gasteiger partial charge in [-0.1, -0.05) is 12.1 Å². The van der Waals surface area contributed by atoms with Crippen molar-refractivity contribution in [2.75, 3.05) is 36.9 Å². The molecule has 9 nitrogen and oxygen atoms in total. The number of aliphatic hydroxyl groups excluding tert-OH is 1. The first-order valence-electron chi connectivity index (χ1n) is 12.1. The second-order valence-electron chi connectivity index (χ2n) is 9.54. The predicted molar refractivity (Wildman–Crippen MR) is 127 cm³/mol. The smallest absolute Gasteiger partial charge is 0.267 e. The van der Waals surface area contributed by atoms with Gasteiger partial charge in [0, 0.05) is 25.2 Å². The van der Waals surface area contributed by atoms with Crippen LogP contribution in [0.25, 0.3) is 0 Å². The molecule has 0 bridgehead atoms. The highest BCUT2D eigenvalue weighted by atomic mass is 16.5. The van der Waals surface area contributed by atoms with Crippen LogP contribution in [0.4, 0.5) is 11.5 Å². The van der Waals surface area contributed by atoms with Gasteiger partial charge in [-0.25, -0.2) is 9.97 Å². The third kappa shape index (κ3) is 4.57. The minimum Gasteiger partial charge on any atom is -0.475 e. The third-order valence-corrected chi connectivity index (χ3v) is 7.36. The van der Waals surface area contributed by atoms with Gasteiger partial charge in [-0.05, 0) is 61.6 Å². The zero-order valence-corrected chi connectivity index (χ0v) is 19.2. The minimum atomic E-state index is -0.361. The first-order chi connectivity index (χ1) is 16.5. The van der Waals surface area contributed by atoms with Gasteiger partial charge in [0.15, 0.2) is 0 Å². The van der Waals surface area contributed by atoms with Crippen molar-refractivity contribution in [3.8, 4) is 5.88 Å². The minimum absolute atomic E-state index is 0.120. The van der Waals surface area contributed by atoms with Gasteiger partial charge in [0.25, 0.3) is 5.91 Å². The average molecular weight is 466 g/mol. The molecule has 34 heavy (non-hydrogen) atoms. The molecule has 1 saturated heterocycles. The van der Waals surface area contributed by atoms with E-state index in [1.54, 1.807) is 4.90 Å².